The summed E-state index contributed by atoms with van der Waals surface area (Å²) in [7, 11) is -0.749. The van der Waals surface area contributed by atoms with Crippen molar-refractivity contribution in [2.24, 2.45) is 11.8 Å². The molecule has 0 saturated carbocycles. The monoisotopic (exact) mass is 295 g/mol. The first-order valence-corrected chi connectivity index (χ1v) is 7.99. The van der Waals surface area contributed by atoms with Crippen LogP contribution in [0.5, 0.6) is 0 Å². The van der Waals surface area contributed by atoms with Crippen molar-refractivity contribution in [2.45, 2.75) is 45.9 Å². The van der Waals surface area contributed by atoms with Gasteiger partial charge in [0.1, 0.15) is 11.8 Å². The van der Waals surface area contributed by atoms with Gasteiger partial charge in [-0.05, 0) is 18.3 Å². The Labute approximate surface area is 115 Å². The van der Waals surface area contributed by atoms with Gasteiger partial charge >= 0.3 is 13.6 Å². The molecule has 0 bridgehead atoms. The van der Waals surface area contributed by atoms with Crippen LogP contribution in [0, 0.1) is 11.8 Å². The van der Waals surface area contributed by atoms with E-state index in [-0.39, 0.29) is 11.8 Å². The van der Waals surface area contributed by atoms with E-state index in [2.05, 4.69) is 5.32 Å². The maximum absolute atomic E-state index is 12.4. The summed E-state index contributed by atoms with van der Waals surface area (Å²) in [5.41, 5.74) is 0. The van der Waals surface area contributed by atoms with Crippen molar-refractivity contribution in [3.8, 4) is 0 Å². The number of nitrogens with one attached hydrogen (secondary N) is 1. The molecule has 0 aliphatic carbocycles. The third-order valence-electron chi connectivity index (χ3n) is 2.86. The van der Waals surface area contributed by atoms with Crippen LogP contribution >= 0.6 is 7.60 Å². The third kappa shape index (κ3) is 5.61. The average Bonchev–Trinajstić information content (AvgIpc) is 2.32. The van der Waals surface area contributed by atoms with E-state index in [4.69, 9.17) is 9.05 Å². The van der Waals surface area contributed by atoms with Crippen LogP contribution in [0.15, 0.2) is 0 Å². The quantitative estimate of drug-likeness (QED) is 0.636. The van der Waals surface area contributed by atoms with Crippen LogP contribution in [0.1, 0.15) is 34.1 Å². The molecule has 0 aromatic carbocycles. The number of carbonyl (C=O) groups is 1. The molecule has 0 aliphatic heterocycles. The van der Waals surface area contributed by atoms with Gasteiger partial charge in [0.15, 0.2) is 0 Å². The Kier molecular flexibility index (Phi) is 7.82. The van der Waals surface area contributed by atoms with E-state index in [9.17, 15) is 14.5 Å². The number of rotatable bonds is 9. The Morgan fingerprint density at radius 2 is 1.68 bits per heavy atom. The predicted molar refractivity (Wildman–Crippen MR) is 74.3 cm³/mol. The summed E-state index contributed by atoms with van der Waals surface area (Å²) in [5.74, 6) is -1.48. The van der Waals surface area contributed by atoms with E-state index in [1.54, 1.807) is 0 Å². The van der Waals surface area contributed by atoms with Gasteiger partial charge in [0, 0.05) is 14.2 Å². The Morgan fingerprint density at radius 1 is 1.21 bits per heavy atom. The van der Waals surface area contributed by atoms with E-state index >= 15 is 0 Å². The lowest BCUT2D eigenvalue weighted by atomic mass is 10.0. The lowest BCUT2D eigenvalue weighted by Crippen LogP contribution is -2.46. The molecule has 19 heavy (non-hydrogen) atoms. The topological polar surface area (TPSA) is 84.9 Å². The second kappa shape index (κ2) is 8.00. The van der Waals surface area contributed by atoms with Crippen molar-refractivity contribution in [3.63, 3.8) is 0 Å². The van der Waals surface area contributed by atoms with Crippen LogP contribution in [0.2, 0.25) is 0 Å². The molecule has 2 atom stereocenters. The maximum Gasteiger partial charge on any atom is 0.347 e. The second-order valence-corrected chi connectivity index (χ2v) is 7.65. The Morgan fingerprint density at radius 3 is 1.95 bits per heavy atom. The molecule has 0 aromatic rings. The highest BCUT2D eigenvalue weighted by atomic mass is 31.2. The highest BCUT2D eigenvalue weighted by Gasteiger charge is 2.39. The fourth-order valence-corrected chi connectivity index (χ4v) is 3.56. The second-order valence-electron chi connectivity index (χ2n) is 5.28. The summed E-state index contributed by atoms with van der Waals surface area (Å²) >= 11 is 0. The molecule has 6 nitrogen and oxygen atoms in total. The first-order chi connectivity index (χ1) is 8.67. The van der Waals surface area contributed by atoms with Gasteiger partial charge in [-0.25, -0.2) is 0 Å². The van der Waals surface area contributed by atoms with Crippen LogP contribution in [-0.2, 0) is 18.4 Å². The zero-order valence-corrected chi connectivity index (χ0v) is 13.4. The summed E-state index contributed by atoms with van der Waals surface area (Å²) < 4.78 is 22.4. The van der Waals surface area contributed by atoms with Crippen molar-refractivity contribution in [2.75, 3.05) is 14.2 Å². The molecule has 0 aliphatic rings. The number of hydrogen-bond acceptors (Lipinski definition) is 5. The molecule has 2 unspecified atom stereocenters. The molecule has 0 saturated heterocycles. The number of aliphatic carboxylic acids is 1. The van der Waals surface area contributed by atoms with Crippen LogP contribution in [0.4, 0.5) is 0 Å². The van der Waals surface area contributed by atoms with Crippen molar-refractivity contribution in [1.29, 1.82) is 0 Å². The largest absolute Gasteiger partial charge is 0.480 e. The molecule has 0 heterocycles. The lowest BCUT2D eigenvalue weighted by Gasteiger charge is -2.31. The van der Waals surface area contributed by atoms with Crippen LogP contribution in [0.3, 0.4) is 0 Å². The minimum Gasteiger partial charge on any atom is -0.480 e. The minimum atomic E-state index is -3.36. The van der Waals surface area contributed by atoms with Gasteiger partial charge in [-0.15, -0.1) is 0 Å². The summed E-state index contributed by atoms with van der Waals surface area (Å²) in [6, 6.07) is -0.772. The van der Waals surface area contributed by atoms with Crippen LogP contribution < -0.4 is 5.32 Å². The van der Waals surface area contributed by atoms with E-state index in [0.29, 0.717) is 6.42 Å². The summed E-state index contributed by atoms with van der Waals surface area (Å²) in [6.45, 7) is 7.57. The van der Waals surface area contributed by atoms with Gasteiger partial charge in [-0.3, -0.25) is 14.7 Å². The molecule has 7 heteroatoms. The first-order valence-electron chi connectivity index (χ1n) is 6.38. The number of carboxylic acids is 1. The zero-order valence-electron chi connectivity index (χ0n) is 12.5. The molecule has 114 valence electrons. The smallest absolute Gasteiger partial charge is 0.347 e. The molecular weight excluding hydrogens is 269 g/mol. The van der Waals surface area contributed by atoms with E-state index in [0.717, 1.165) is 0 Å². The van der Waals surface area contributed by atoms with E-state index in [1.165, 1.54) is 14.2 Å². The van der Waals surface area contributed by atoms with Crippen LogP contribution in [0.25, 0.3) is 0 Å². The Bertz CT molecular complexity index is 324. The first kappa shape index (κ1) is 18.6. The molecule has 0 spiro atoms. The van der Waals surface area contributed by atoms with Crippen molar-refractivity contribution >= 4 is 13.6 Å². The van der Waals surface area contributed by atoms with Crippen molar-refractivity contribution in [1.82, 2.24) is 5.32 Å². The predicted octanol–water partition coefficient (Wildman–Crippen LogP) is 2.54. The zero-order chi connectivity index (χ0) is 15.2. The van der Waals surface area contributed by atoms with E-state index in [1.807, 2.05) is 27.7 Å². The highest BCUT2D eigenvalue weighted by Crippen LogP contribution is 2.53. The third-order valence-corrected chi connectivity index (χ3v) is 5.30. The van der Waals surface area contributed by atoms with E-state index < -0.39 is 25.4 Å². The molecule has 0 rings (SSSR count). The standard InChI is InChI=1S/C12H26NO5P/c1-8(2)7-10(12(14)15)13-11(9(3)4)19(16,17-5)18-6/h8-11,13H,7H2,1-6H3,(H,14,15). The average molecular weight is 295 g/mol. The van der Waals surface area contributed by atoms with Crippen molar-refractivity contribution < 1.29 is 23.5 Å². The molecule has 2 N–H and O–H groups in total. The van der Waals surface area contributed by atoms with Gasteiger partial charge in [-0.2, -0.15) is 0 Å². The Hall–Kier alpha value is -0.420. The summed E-state index contributed by atoms with van der Waals surface area (Å²) in [6.07, 6.45) is 0.450. The lowest BCUT2D eigenvalue weighted by molar-refractivity contribution is -0.140. The molecular formula is C12H26NO5P. The summed E-state index contributed by atoms with van der Waals surface area (Å²) in [4.78, 5) is 11.3. The van der Waals surface area contributed by atoms with Gasteiger partial charge in [0.2, 0.25) is 0 Å². The van der Waals surface area contributed by atoms with Gasteiger partial charge in [0.25, 0.3) is 0 Å². The van der Waals surface area contributed by atoms with Gasteiger partial charge in [-0.1, -0.05) is 27.7 Å². The normalized spacial score (nSPS) is 15.8. The minimum absolute atomic E-state index is 0.0836. The fraction of sp³-hybridized carbons (Fsp3) is 0.917. The molecule has 0 amide bonds. The van der Waals surface area contributed by atoms with Gasteiger partial charge in [0.05, 0.1) is 0 Å². The van der Waals surface area contributed by atoms with Crippen molar-refractivity contribution in [3.05, 3.63) is 0 Å². The highest BCUT2D eigenvalue weighted by molar-refractivity contribution is 7.54. The molecule has 0 aromatic heterocycles. The fourth-order valence-electron chi connectivity index (χ4n) is 1.87. The number of carboxylic acid groups (broad SMARTS) is 1. The molecule has 0 radical (unpaired) electrons. The molecule has 0 fully saturated rings. The SMILES string of the molecule is COP(=O)(OC)C(NC(CC(C)C)C(=O)O)C(C)C. The maximum atomic E-state index is 12.4. The number of hydrogen-bond donors (Lipinski definition) is 2. The van der Waals surface area contributed by atoms with Gasteiger partial charge < -0.3 is 14.2 Å². The van der Waals surface area contributed by atoms with Crippen LogP contribution in [-0.4, -0.2) is 37.1 Å². The Balaban J connectivity index is 5.10. The summed E-state index contributed by atoms with van der Waals surface area (Å²) in [5, 5.41) is 12.1.